The molecule has 0 aromatic heterocycles. The van der Waals surface area contributed by atoms with E-state index in [-0.39, 0.29) is 42.9 Å². The predicted molar refractivity (Wildman–Crippen MR) is 62.3 cm³/mol. The number of benzene rings is 1. The van der Waals surface area contributed by atoms with Crippen molar-refractivity contribution in [1.82, 2.24) is 0 Å². The molecule has 3 atom stereocenters. The molecule has 1 saturated carbocycles. The van der Waals surface area contributed by atoms with Crippen LogP contribution >= 0.6 is 0 Å². The molecule has 4 nitrogen and oxygen atoms in total. The third-order valence-electron chi connectivity index (χ3n) is 3.50. The molecule has 18 heavy (non-hydrogen) atoms. The van der Waals surface area contributed by atoms with Crippen molar-refractivity contribution in [2.45, 2.75) is 25.6 Å². The van der Waals surface area contributed by atoms with Crippen LogP contribution in [0.5, 0.6) is 0 Å². The van der Waals surface area contributed by atoms with Gasteiger partial charge in [-0.15, -0.1) is 0 Å². The average molecular weight is 246 g/mol. The van der Waals surface area contributed by atoms with Crippen molar-refractivity contribution in [3.8, 4) is 0 Å². The minimum atomic E-state index is -0.302. The Morgan fingerprint density at radius 2 is 2.11 bits per heavy atom. The van der Waals surface area contributed by atoms with Crippen LogP contribution in [0.4, 0.5) is 0 Å². The van der Waals surface area contributed by atoms with Crippen LogP contribution in [0.2, 0.25) is 0 Å². The van der Waals surface area contributed by atoms with E-state index in [9.17, 15) is 9.59 Å². The molecule has 1 aromatic carbocycles. The lowest BCUT2D eigenvalue weighted by atomic mass is 10.1. The van der Waals surface area contributed by atoms with Crippen LogP contribution in [-0.4, -0.2) is 18.0 Å². The second-order valence-electron chi connectivity index (χ2n) is 4.83. The van der Waals surface area contributed by atoms with E-state index in [1.54, 1.807) is 0 Å². The first-order valence-electron chi connectivity index (χ1n) is 6.14. The lowest BCUT2D eigenvalue weighted by Gasteiger charge is -2.11. The second-order valence-corrected chi connectivity index (χ2v) is 4.83. The number of rotatable bonds is 4. The van der Waals surface area contributed by atoms with Crippen molar-refractivity contribution in [2.75, 3.05) is 0 Å². The maximum atomic E-state index is 11.6. The normalized spacial score (nSPS) is 28.4. The van der Waals surface area contributed by atoms with Gasteiger partial charge in [-0.05, 0) is 12.0 Å². The molecule has 0 radical (unpaired) electrons. The van der Waals surface area contributed by atoms with Gasteiger partial charge < -0.3 is 9.47 Å². The molecule has 94 valence electrons. The molecule has 1 heterocycles. The Balaban J connectivity index is 1.47. The van der Waals surface area contributed by atoms with Gasteiger partial charge in [-0.2, -0.15) is 0 Å². The number of esters is 2. The van der Waals surface area contributed by atoms with Gasteiger partial charge in [0.25, 0.3) is 0 Å². The first kappa shape index (κ1) is 11.3. The monoisotopic (exact) mass is 246 g/mol. The summed E-state index contributed by atoms with van der Waals surface area (Å²) in [4.78, 5) is 22.8. The van der Waals surface area contributed by atoms with Crippen molar-refractivity contribution in [2.24, 2.45) is 11.8 Å². The van der Waals surface area contributed by atoms with Crippen LogP contribution in [0.3, 0.4) is 0 Å². The van der Waals surface area contributed by atoms with E-state index in [0.717, 1.165) is 12.0 Å². The maximum absolute atomic E-state index is 11.6. The lowest BCUT2D eigenvalue weighted by Crippen LogP contribution is -2.19. The number of fused-ring (bicyclic) bond motifs is 1. The minimum absolute atomic E-state index is 0.0527. The van der Waals surface area contributed by atoms with Gasteiger partial charge in [0.2, 0.25) is 0 Å². The highest BCUT2D eigenvalue weighted by Crippen LogP contribution is 2.49. The summed E-state index contributed by atoms with van der Waals surface area (Å²) in [6.07, 6.45) is 0.792. The number of hydrogen-bond donors (Lipinski definition) is 0. The average Bonchev–Trinajstić information content (AvgIpc) is 3.12. The zero-order valence-corrected chi connectivity index (χ0v) is 9.87. The van der Waals surface area contributed by atoms with Gasteiger partial charge in [-0.3, -0.25) is 9.59 Å². The SMILES string of the molecule is O=C(CC1OC(=O)C2CC12)OCc1ccccc1. The zero-order chi connectivity index (χ0) is 12.5. The summed E-state index contributed by atoms with van der Waals surface area (Å²) < 4.78 is 10.3. The number of cyclic esters (lactones) is 1. The Labute approximate surface area is 105 Å². The van der Waals surface area contributed by atoms with E-state index in [2.05, 4.69) is 0 Å². The summed E-state index contributed by atoms with van der Waals surface area (Å²) in [6.45, 7) is 0.272. The molecule has 3 unspecified atom stereocenters. The molecule has 0 N–H and O–H groups in total. The van der Waals surface area contributed by atoms with E-state index < -0.39 is 0 Å². The molecule has 1 aromatic rings. The van der Waals surface area contributed by atoms with Gasteiger partial charge in [-0.1, -0.05) is 30.3 Å². The first-order chi connectivity index (χ1) is 8.74. The van der Waals surface area contributed by atoms with Crippen molar-refractivity contribution in [1.29, 1.82) is 0 Å². The summed E-state index contributed by atoms with van der Waals surface area (Å²) >= 11 is 0. The molecule has 1 aliphatic carbocycles. The van der Waals surface area contributed by atoms with E-state index >= 15 is 0 Å². The summed E-state index contributed by atoms with van der Waals surface area (Å²) in [5.41, 5.74) is 0.957. The summed E-state index contributed by atoms with van der Waals surface area (Å²) in [5.74, 6) is -0.149. The fraction of sp³-hybridized carbons (Fsp3) is 0.429. The van der Waals surface area contributed by atoms with E-state index in [0.29, 0.717) is 0 Å². The standard InChI is InChI=1S/C14H14O4/c15-13(17-8-9-4-2-1-3-5-9)7-12-10-6-11(10)14(16)18-12/h1-5,10-12H,6-8H2. The lowest BCUT2D eigenvalue weighted by molar-refractivity contribution is -0.152. The van der Waals surface area contributed by atoms with Gasteiger partial charge in [-0.25, -0.2) is 0 Å². The van der Waals surface area contributed by atoms with Crippen LogP contribution in [0.25, 0.3) is 0 Å². The third kappa shape index (κ3) is 2.23. The summed E-state index contributed by atoms with van der Waals surface area (Å²) in [7, 11) is 0. The van der Waals surface area contributed by atoms with Crippen LogP contribution < -0.4 is 0 Å². The fourth-order valence-corrected chi connectivity index (χ4v) is 2.37. The number of ether oxygens (including phenoxy) is 2. The molecule has 0 spiro atoms. The molecular formula is C14H14O4. The molecule has 0 bridgehead atoms. The Kier molecular flexibility index (Phi) is 2.78. The highest BCUT2D eigenvalue weighted by atomic mass is 16.6. The van der Waals surface area contributed by atoms with E-state index in [1.807, 2.05) is 30.3 Å². The highest BCUT2D eigenvalue weighted by molar-refractivity contribution is 5.80. The van der Waals surface area contributed by atoms with Crippen LogP contribution in [-0.2, 0) is 25.7 Å². The first-order valence-corrected chi connectivity index (χ1v) is 6.14. The van der Waals surface area contributed by atoms with E-state index in [1.165, 1.54) is 0 Å². The van der Waals surface area contributed by atoms with Crippen molar-refractivity contribution in [3.63, 3.8) is 0 Å². The molecule has 2 fully saturated rings. The number of carbonyl (C=O) groups excluding carboxylic acids is 2. The van der Waals surface area contributed by atoms with Gasteiger partial charge in [0, 0.05) is 5.92 Å². The van der Waals surface area contributed by atoms with Crippen LogP contribution in [0.1, 0.15) is 18.4 Å². The molecular weight excluding hydrogens is 232 g/mol. The molecule has 2 aliphatic rings. The van der Waals surface area contributed by atoms with Gasteiger partial charge in [0.15, 0.2) is 0 Å². The molecule has 0 amide bonds. The maximum Gasteiger partial charge on any atom is 0.309 e. The second kappa shape index (κ2) is 4.44. The third-order valence-corrected chi connectivity index (χ3v) is 3.50. The largest absolute Gasteiger partial charge is 0.461 e. The van der Waals surface area contributed by atoms with Gasteiger partial charge >= 0.3 is 11.9 Å². The van der Waals surface area contributed by atoms with Crippen molar-refractivity contribution in [3.05, 3.63) is 35.9 Å². The smallest absolute Gasteiger partial charge is 0.309 e. The topological polar surface area (TPSA) is 52.6 Å². The van der Waals surface area contributed by atoms with E-state index in [4.69, 9.17) is 9.47 Å². The van der Waals surface area contributed by atoms with Gasteiger partial charge in [0.05, 0.1) is 12.3 Å². The Bertz CT molecular complexity index is 468. The van der Waals surface area contributed by atoms with Crippen LogP contribution in [0, 0.1) is 11.8 Å². The Morgan fingerprint density at radius 1 is 1.33 bits per heavy atom. The highest BCUT2D eigenvalue weighted by Gasteiger charge is 2.57. The molecule has 1 saturated heterocycles. The van der Waals surface area contributed by atoms with Crippen LogP contribution in [0.15, 0.2) is 30.3 Å². The molecule has 3 rings (SSSR count). The zero-order valence-electron chi connectivity index (χ0n) is 9.87. The van der Waals surface area contributed by atoms with Crippen molar-refractivity contribution < 1.29 is 19.1 Å². The van der Waals surface area contributed by atoms with Crippen molar-refractivity contribution >= 4 is 11.9 Å². The predicted octanol–water partition coefficient (Wildman–Crippen LogP) is 1.68. The van der Waals surface area contributed by atoms with Gasteiger partial charge in [0.1, 0.15) is 12.7 Å². The molecule has 4 heteroatoms. The Morgan fingerprint density at radius 3 is 2.72 bits per heavy atom. The minimum Gasteiger partial charge on any atom is -0.461 e. The quantitative estimate of drug-likeness (QED) is 0.758. The molecule has 1 aliphatic heterocycles. The Hall–Kier alpha value is -1.84. The fourth-order valence-electron chi connectivity index (χ4n) is 2.37. The summed E-state index contributed by atoms with van der Waals surface area (Å²) in [5, 5.41) is 0. The summed E-state index contributed by atoms with van der Waals surface area (Å²) in [6, 6.07) is 9.52. The number of hydrogen-bond acceptors (Lipinski definition) is 4. The number of carbonyl (C=O) groups is 2.